The third-order valence-electron chi connectivity index (χ3n) is 19.0. The quantitative estimate of drug-likeness (QED) is 0.0214. The first-order valence-corrected chi connectivity index (χ1v) is 33.0. The molecular formula is C58H100O43. The second kappa shape index (κ2) is 38.9. The third-order valence-corrected chi connectivity index (χ3v) is 19.0. The van der Waals surface area contributed by atoms with Crippen LogP contribution < -0.4 is 0 Å². The van der Waals surface area contributed by atoms with E-state index in [-0.39, 0.29) is 51.9 Å². The number of ether oxygens (including phenoxy) is 17. The van der Waals surface area contributed by atoms with E-state index in [1.54, 1.807) is 0 Å². The third kappa shape index (κ3) is 20.5. The highest BCUT2D eigenvalue weighted by Gasteiger charge is 2.54. The Hall–Kier alpha value is -2.01. The maximum Gasteiger partial charge on any atom is 0.186 e. The smallest absolute Gasteiger partial charge is 0.186 e. The molecule has 0 amide bonds. The van der Waals surface area contributed by atoms with Crippen molar-refractivity contribution in [2.45, 2.75) is 278 Å². The van der Waals surface area contributed by atoms with Gasteiger partial charge in [-0.15, -0.1) is 0 Å². The molecule has 0 spiro atoms. The van der Waals surface area contributed by atoms with Gasteiger partial charge in [0.25, 0.3) is 0 Å². The number of methoxy groups -OCH3 is 1. The van der Waals surface area contributed by atoms with Crippen molar-refractivity contribution in [3.8, 4) is 0 Å². The Bertz CT molecular complexity index is 2400. The molecule has 0 bridgehead atoms. The summed E-state index contributed by atoms with van der Waals surface area (Å²) in [5.41, 5.74) is 0. The summed E-state index contributed by atoms with van der Waals surface area (Å²) in [4.78, 5) is 12.1. The van der Waals surface area contributed by atoms with Gasteiger partial charge in [-0.2, -0.15) is 0 Å². The lowest BCUT2D eigenvalue weighted by molar-refractivity contribution is -0.347. The lowest BCUT2D eigenvalue weighted by atomic mass is 9.94. The molecule has 8 aliphatic heterocycles. The molecule has 0 aromatic carbocycles. The SMILES string of the molecule is CO[C@@H]1CO[C@@H](OC[C@H]2O[C@@H](OC[C@H]3O[C@@H](OC[C@H]4O[C@@H](OCCCC(C=O)C(O)CCCCO[C@@H]5O[C@H](CO[C@@H]6O[C@H](CO[C@@H]7O[C@H](CO[C@@H]8O[C@H](CO)[C@@H](O)[C@H](O)[C@H]8O)[C@@H](O)[C@H](O)[C@H]7O)[C@@H](O)[C@H](O)[C@H]6O)[C@@H](O)[C@H](O)[C@H]5O)[C@H](O)[C@@H](O)[C@@H]4O)[C@H](O)[C@@H](O)[C@@H]3O)[C@H](O)C(O)[C@@H]2O)[C@H](O)[C@H]1O. The summed E-state index contributed by atoms with van der Waals surface area (Å²) in [7, 11) is 1.29. The Morgan fingerprint density at radius 2 is 0.574 bits per heavy atom. The summed E-state index contributed by atoms with van der Waals surface area (Å²) in [6, 6.07) is 0. The fourth-order valence-corrected chi connectivity index (χ4v) is 12.4. The van der Waals surface area contributed by atoms with Crippen LogP contribution in [0.2, 0.25) is 0 Å². The predicted molar refractivity (Wildman–Crippen MR) is 313 cm³/mol. The highest BCUT2D eigenvalue weighted by Crippen LogP contribution is 2.33. The van der Waals surface area contributed by atoms with Gasteiger partial charge in [-0.05, 0) is 32.1 Å². The van der Waals surface area contributed by atoms with Crippen LogP contribution in [0.25, 0.3) is 0 Å². The molecule has 0 aliphatic carbocycles. The van der Waals surface area contributed by atoms with E-state index in [0.29, 0.717) is 6.29 Å². The number of hydrogen-bond acceptors (Lipinski definition) is 43. The zero-order valence-corrected chi connectivity index (χ0v) is 54.4. The van der Waals surface area contributed by atoms with Gasteiger partial charge in [-0.25, -0.2) is 0 Å². The monoisotopic (exact) mass is 1480 g/mol. The number of aldehydes is 1. The van der Waals surface area contributed by atoms with E-state index in [4.69, 9.17) is 80.5 Å². The summed E-state index contributed by atoms with van der Waals surface area (Å²) in [6.07, 6.45) is -67.5. The van der Waals surface area contributed by atoms with E-state index >= 15 is 0 Å². The number of rotatable bonds is 33. The minimum atomic E-state index is -1.99. The molecule has 590 valence electrons. The van der Waals surface area contributed by atoms with E-state index < -0.39 is 298 Å². The van der Waals surface area contributed by atoms with Gasteiger partial charge in [0.15, 0.2) is 50.3 Å². The number of aliphatic hydroxyl groups is 25. The van der Waals surface area contributed by atoms with Gasteiger partial charge in [0.05, 0.1) is 59.0 Å². The van der Waals surface area contributed by atoms with E-state index in [2.05, 4.69) is 0 Å². The first-order chi connectivity index (χ1) is 47.9. The fourth-order valence-electron chi connectivity index (χ4n) is 12.4. The van der Waals surface area contributed by atoms with Crippen LogP contribution in [0, 0.1) is 5.92 Å². The van der Waals surface area contributed by atoms with Crippen molar-refractivity contribution in [2.75, 3.05) is 73.2 Å². The summed E-state index contributed by atoms with van der Waals surface area (Å²) in [6.45, 7) is -5.57. The van der Waals surface area contributed by atoms with Crippen molar-refractivity contribution in [3.05, 3.63) is 0 Å². The highest BCUT2D eigenvalue weighted by molar-refractivity contribution is 5.54. The second-order valence-corrected chi connectivity index (χ2v) is 26.0. The number of carbonyl (C=O) groups is 1. The van der Waals surface area contributed by atoms with Crippen LogP contribution in [0.3, 0.4) is 0 Å². The molecular weight excluding hydrogens is 1380 g/mol. The first-order valence-electron chi connectivity index (χ1n) is 33.0. The van der Waals surface area contributed by atoms with Gasteiger partial charge < -0.3 is 213 Å². The molecule has 8 rings (SSSR count). The van der Waals surface area contributed by atoms with Gasteiger partial charge in [-0.3, -0.25) is 0 Å². The summed E-state index contributed by atoms with van der Waals surface area (Å²) in [5, 5.41) is 264. The molecule has 8 heterocycles. The Labute approximate surface area is 574 Å². The van der Waals surface area contributed by atoms with Gasteiger partial charge in [0.1, 0.15) is 196 Å². The minimum Gasteiger partial charge on any atom is -0.394 e. The van der Waals surface area contributed by atoms with E-state index in [1.165, 1.54) is 7.11 Å². The Kier molecular flexibility index (Phi) is 32.6. The van der Waals surface area contributed by atoms with Gasteiger partial charge >= 0.3 is 0 Å². The second-order valence-electron chi connectivity index (χ2n) is 26.0. The Morgan fingerprint density at radius 1 is 0.317 bits per heavy atom. The largest absolute Gasteiger partial charge is 0.394 e. The first kappa shape index (κ1) is 84.6. The Balaban J connectivity index is 0.725. The van der Waals surface area contributed by atoms with Crippen LogP contribution in [0.4, 0.5) is 0 Å². The molecule has 8 saturated heterocycles. The van der Waals surface area contributed by atoms with Crippen LogP contribution in [-0.2, 0) is 85.3 Å². The molecule has 8 aliphatic rings. The van der Waals surface area contributed by atoms with E-state index in [9.17, 15) is 132 Å². The molecule has 0 aromatic rings. The van der Waals surface area contributed by atoms with Crippen molar-refractivity contribution in [3.63, 3.8) is 0 Å². The number of carbonyl (C=O) groups excluding carboxylic acids is 1. The maximum absolute atomic E-state index is 12.1. The molecule has 8 fully saturated rings. The van der Waals surface area contributed by atoms with Crippen LogP contribution in [0.15, 0.2) is 0 Å². The average molecular weight is 1490 g/mol. The topological polar surface area (TPSA) is 680 Å². The van der Waals surface area contributed by atoms with Crippen molar-refractivity contribution in [1.82, 2.24) is 0 Å². The van der Waals surface area contributed by atoms with Gasteiger partial charge in [-0.1, -0.05) is 0 Å². The summed E-state index contributed by atoms with van der Waals surface area (Å²) in [5.74, 6) is -0.954. The number of aliphatic hydroxyl groups excluding tert-OH is 25. The van der Waals surface area contributed by atoms with Gasteiger partial charge in [0.2, 0.25) is 0 Å². The van der Waals surface area contributed by atoms with E-state index in [1.807, 2.05) is 0 Å². The zero-order chi connectivity index (χ0) is 74.0. The summed E-state index contributed by atoms with van der Waals surface area (Å²) >= 11 is 0. The maximum atomic E-state index is 12.1. The van der Waals surface area contributed by atoms with Gasteiger partial charge in [0, 0.05) is 26.2 Å². The molecule has 3 unspecified atom stereocenters. The number of hydrogen-bond donors (Lipinski definition) is 25. The molecule has 41 atom stereocenters. The van der Waals surface area contributed by atoms with Crippen molar-refractivity contribution >= 4 is 6.29 Å². The van der Waals surface area contributed by atoms with Crippen LogP contribution in [-0.4, -0.2) is 453 Å². The van der Waals surface area contributed by atoms with Crippen LogP contribution in [0.1, 0.15) is 32.1 Å². The molecule has 0 saturated carbocycles. The average Bonchev–Trinajstić information content (AvgIpc) is 0.803. The molecule has 43 heteroatoms. The van der Waals surface area contributed by atoms with Crippen molar-refractivity contribution in [2.24, 2.45) is 5.92 Å². The predicted octanol–water partition coefficient (Wildman–Crippen LogP) is -16.0. The zero-order valence-electron chi connectivity index (χ0n) is 54.4. The van der Waals surface area contributed by atoms with E-state index in [0.717, 1.165) is 0 Å². The van der Waals surface area contributed by atoms with Crippen molar-refractivity contribution in [1.29, 1.82) is 0 Å². The van der Waals surface area contributed by atoms with Crippen LogP contribution in [0.5, 0.6) is 0 Å². The molecule has 25 N–H and O–H groups in total. The molecule has 0 aromatic heterocycles. The summed E-state index contributed by atoms with van der Waals surface area (Å²) < 4.78 is 94.0. The number of unbranched alkanes of at least 4 members (excludes halogenated alkanes) is 1. The van der Waals surface area contributed by atoms with Crippen LogP contribution >= 0.6 is 0 Å². The highest BCUT2D eigenvalue weighted by atomic mass is 16.8. The normalized spacial score (nSPS) is 48.5. The fraction of sp³-hybridized carbons (Fsp3) is 0.983. The molecule has 0 radical (unpaired) electrons. The standard InChI is InChI=1S/C58H100O43/c1-85-21-11-88-51(43(77)29(21)63)89-12-22-30(64)39(73)47(81)55(98-22)93-16-26-34(68)41(75)49(83)57(100-26)92-14-24-32(66)38(72)45(79)53(97-24)87-8-4-5-18(9-59)19(61)6-2-3-7-86-52-44(78)37(71)31(65)23(96-52)13-91-56-48(82)42(76)35(69)27(101-56)17-94-58-50(84)40(74)33(67)25(99-58)15-90-54-46(80)36(70)28(62)20(10-60)95-54/h9,18-58,60-84H,2-8,10-17H2,1H3/t18?,19?,20-,21-,22-,23-,24-,25-,26-,27-,28-,29+,30-,31-,32-,33-,34-,35-,36+,37+,38+,39?,40+,41+,42+,43-,44-,45-,46-,47-,48-,49-,50-,51+,52-,53-,54-,55-,56-,57-,58-/m1/s1. The lowest BCUT2D eigenvalue weighted by Crippen LogP contribution is -2.63. The molecule has 101 heavy (non-hydrogen) atoms. The Morgan fingerprint density at radius 3 is 0.861 bits per heavy atom. The molecule has 43 nitrogen and oxygen atoms in total. The lowest BCUT2D eigenvalue weighted by Gasteiger charge is -2.44. The van der Waals surface area contributed by atoms with Crippen molar-refractivity contribution < 1.29 is 213 Å². The minimum absolute atomic E-state index is 0.0286.